The number of aromatic amines is 1. The Kier molecular flexibility index (Phi) is 6.59. The van der Waals surface area contributed by atoms with Crippen LogP contribution in [0.25, 0.3) is 11.7 Å². The Hall–Kier alpha value is -3.59. The second kappa shape index (κ2) is 9.62. The Labute approximate surface area is 225 Å². The molecule has 198 valence electrons. The Morgan fingerprint density at radius 1 is 1.26 bits per heavy atom. The Morgan fingerprint density at radius 2 is 2.05 bits per heavy atom. The summed E-state index contributed by atoms with van der Waals surface area (Å²) >= 11 is 0. The average molecular weight is 510 g/mol. The second-order valence-electron chi connectivity index (χ2n) is 12.5. The van der Waals surface area contributed by atoms with Gasteiger partial charge in [-0.25, -0.2) is 4.40 Å². The standard InChI is InChI=1S/C32H39N5O/c1-21-23(16-17-26-32(5,6)25-14-10-12-22-13-11-19-36(26)28(22)25)29-35-34-27(37(29)30(38)24(21)20-33)15-8-7-9-18-31(2,3)4/h8,10,12,14-15,17,35H,7,9,11,13,16,18-19H2,1-6H3/b15-8+,26-17?. The molecular weight excluding hydrogens is 470 g/mol. The fourth-order valence-corrected chi connectivity index (χ4v) is 6.20. The molecule has 0 saturated heterocycles. The molecule has 0 spiro atoms. The van der Waals surface area contributed by atoms with Crippen LogP contribution in [0.3, 0.4) is 0 Å². The highest BCUT2D eigenvalue weighted by Crippen LogP contribution is 2.51. The van der Waals surface area contributed by atoms with Crippen molar-refractivity contribution < 1.29 is 0 Å². The molecule has 5 rings (SSSR count). The van der Waals surface area contributed by atoms with Gasteiger partial charge in [-0.1, -0.05) is 65.0 Å². The van der Waals surface area contributed by atoms with Gasteiger partial charge in [0.15, 0.2) is 5.82 Å². The number of aromatic nitrogens is 3. The lowest BCUT2D eigenvalue weighted by molar-refractivity contribution is 0.367. The van der Waals surface area contributed by atoms with Gasteiger partial charge in [-0.2, -0.15) is 10.4 Å². The monoisotopic (exact) mass is 509 g/mol. The van der Waals surface area contributed by atoms with Gasteiger partial charge in [0, 0.05) is 28.9 Å². The van der Waals surface area contributed by atoms with Gasteiger partial charge in [0.1, 0.15) is 17.3 Å². The molecule has 0 aliphatic carbocycles. The summed E-state index contributed by atoms with van der Waals surface area (Å²) in [6, 6.07) is 8.86. The number of hydrogen-bond donors (Lipinski definition) is 1. The van der Waals surface area contributed by atoms with E-state index in [4.69, 9.17) is 0 Å². The van der Waals surface area contributed by atoms with E-state index < -0.39 is 0 Å². The zero-order chi connectivity index (χ0) is 27.2. The van der Waals surface area contributed by atoms with Crippen molar-refractivity contribution in [3.8, 4) is 6.07 Å². The number of unbranched alkanes of at least 4 members (excludes halogenated alkanes) is 1. The zero-order valence-electron chi connectivity index (χ0n) is 23.6. The predicted molar refractivity (Wildman–Crippen MR) is 155 cm³/mol. The fraction of sp³-hybridized carbons (Fsp3) is 0.469. The molecular formula is C32H39N5O. The molecule has 1 N–H and O–H groups in total. The van der Waals surface area contributed by atoms with E-state index >= 15 is 0 Å². The van der Waals surface area contributed by atoms with Crippen LogP contribution in [0.15, 0.2) is 40.8 Å². The van der Waals surface area contributed by atoms with Crippen molar-refractivity contribution in [1.29, 1.82) is 5.26 Å². The van der Waals surface area contributed by atoms with Crippen molar-refractivity contribution in [2.45, 2.75) is 85.5 Å². The third kappa shape index (κ3) is 4.38. The van der Waals surface area contributed by atoms with Gasteiger partial charge in [-0.15, -0.1) is 0 Å². The quantitative estimate of drug-likeness (QED) is 0.380. The molecule has 2 aliphatic heterocycles. The van der Waals surface area contributed by atoms with E-state index in [1.54, 1.807) is 4.40 Å². The molecule has 0 fully saturated rings. The third-order valence-electron chi connectivity index (χ3n) is 8.26. The molecule has 0 saturated carbocycles. The number of rotatable bonds is 6. The van der Waals surface area contributed by atoms with E-state index in [0.29, 0.717) is 23.3 Å². The van der Waals surface area contributed by atoms with E-state index in [1.165, 1.54) is 22.5 Å². The minimum absolute atomic E-state index is 0.110. The molecule has 1 aromatic carbocycles. The highest BCUT2D eigenvalue weighted by Gasteiger charge is 2.42. The number of hydrogen-bond acceptors (Lipinski definition) is 4. The summed E-state index contributed by atoms with van der Waals surface area (Å²) in [5.74, 6) is 0.542. The van der Waals surface area contributed by atoms with Gasteiger partial charge >= 0.3 is 0 Å². The van der Waals surface area contributed by atoms with Gasteiger partial charge in [0.05, 0.1) is 0 Å². The minimum Gasteiger partial charge on any atom is -0.344 e. The van der Waals surface area contributed by atoms with Crippen LogP contribution in [-0.4, -0.2) is 21.1 Å². The number of allylic oxidation sites excluding steroid dienone is 3. The lowest BCUT2D eigenvalue weighted by Crippen LogP contribution is -2.29. The lowest BCUT2D eigenvalue weighted by Gasteiger charge is -2.30. The summed E-state index contributed by atoms with van der Waals surface area (Å²) in [7, 11) is 0. The lowest BCUT2D eigenvalue weighted by atomic mass is 9.82. The highest BCUT2D eigenvalue weighted by atomic mass is 16.1. The first kappa shape index (κ1) is 26.0. The first-order valence-corrected chi connectivity index (χ1v) is 13.8. The smallest absolute Gasteiger partial charge is 0.276 e. The predicted octanol–water partition coefficient (Wildman–Crippen LogP) is 6.60. The van der Waals surface area contributed by atoms with E-state index in [0.717, 1.165) is 49.8 Å². The first-order valence-electron chi connectivity index (χ1n) is 13.8. The van der Waals surface area contributed by atoms with Crippen LogP contribution in [0.5, 0.6) is 0 Å². The molecule has 0 unspecified atom stereocenters. The molecule has 2 aliphatic rings. The molecule has 0 amide bonds. The topological polar surface area (TPSA) is 77.2 Å². The summed E-state index contributed by atoms with van der Waals surface area (Å²) < 4.78 is 1.58. The maximum Gasteiger partial charge on any atom is 0.276 e. The molecule has 0 bridgehead atoms. The maximum atomic E-state index is 13.3. The van der Waals surface area contributed by atoms with Gasteiger partial charge in [-0.3, -0.25) is 9.89 Å². The number of pyridine rings is 1. The van der Waals surface area contributed by atoms with Gasteiger partial charge in [-0.05, 0) is 73.6 Å². The number of aryl methyl sites for hydroxylation is 1. The first-order chi connectivity index (χ1) is 18.0. The summed E-state index contributed by atoms with van der Waals surface area (Å²) in [6.07, 6.45) is 12.3. The number of nitrogens with zero attached hydrogens (tertiary/aromatic N) is 4. The number of benzene rings is 1. The second-order valence-corrected chi connectivity index (χ2v) is 12.5. The highest BCUT2D eigenvalue weighted by molar-refractivity contribution is 5.75. The fourth-order valence-electron chi connectivity index (χ4n) is 6.20. The normalized spacial score (nSPS) is 17.5. The summed E-state index contributed by atoms with van der Waals surface area (Å²) in [5.41, 5.74) is 7.88. The number of anilines is 1. The van der Waals surface area contributed by atoms with Crippen molar-refractivity contribution in [2.24, 2.45) is 5.41 Å². The molecule has 3 aromatic rings. The number of nitriles is 1. The number of para-hydroxylation sites is 1. The largest absolute Gasteiger partial charge is 0.344 e. The van der Waals surface area contributed by atoms with Crippen LogP contribution in [0.2, 0.25) is 0 Å². The van der Waals surface area contributed by atoms with Crippen LogP contribution >= 0.6 is 0 Å². The average Bonchev–Trinajstić information content (AvgIpc) is 3.37. The molecule has 6 nitrogen and oxygen atoms in total. The van der Waals surface area contributed by atoms with Crippen LogP contribution in [0.4, 0.5) is 5.69 Å². The summed E-state index contributed by atoms with van der Waals surface area (Å²) in [4.78, 5) is 15.8. The number of fused-ring (bicyclic) bond motifs is 1. The number of H-pyrrole nitrogens is 1. The van der Waals surface area contributed by atoms with Gasteiger partial charge in [0.25, 0.3) is 5.56 Å². The van der Waals surface area contributed by atoms with Crippen molar-refractivity contribution in [3.05, 3.63) is 80.0 Å². The van der Waals surface area contributed by atoms with Crippen LogP contribution in [-0.2, 0) is 18.3 Å². The molecule has 38 heavy (non-hydrogen) atoms. The van der Waals surface area contributed by atoms with Crippen LogP contribution in [0, 0.1) is 23.7 Å². The van der Waals surface area contributed by atoms with E-state index in [-0.39, 0.29) is 16.5 Å². The Bertz CT molecular complexity index is 1550. The number of nitrogens with one attached hydrogen (secondary N) is 1. The third-order valence-corrected chi connectivity index (χ3v) is 8.26. The van der Waals surface area contributed by atoms with Crippen LogP contribution in [0.1, 0.15) is 93.9 Å². The molecule has 0 radical (unpaired) electrons. The van der Waals surface area contributed by atoms with Gasteiger partial charge < -0.3 is 4.90 Å². The van der Waals surface area contributed by atoms with Crippen molar-refractivity contribution in [1.82, 2.24) is 14.6 Å². The maximum absolute atomic E-state index is 13.3. The van der Waals surface area contributed by atoms with E-state index in [2.05, 4.69) is 86.1 Å². The zero-order valence-corrected chi connectivity index (χ0v) is 23.6. The Morgan fingerprint density at radius 3 is 2.79 bits per heavy atom. The molecule has 2 aromatic heterocycles. The Balaban J connectivity index is 1.52. The summed E-state index contributed by atoms with van der Waals surface area (Å²) in [5, 5.41) is 17.5. The van der Waals surface area contributed by atoms with E-state index in [1.807, 2.05) is 13.0 Å². The van der Waals surface area contributed by atoms with Crippen molar-refractivity contribution in [2.75, 3.05) is 11.4 Å². The van der Waals surface area contributed by atoms with Crippen molar-refractivity contribution >= 4 is 17.4 Å². The summed E-state index contributed by atoms with van der Waals surface area (Å²) in [6.45, 7) is 14.2. The molecule has 4 heterocycles. The molecule has 6 heteroatoms. The minimum atomic E-state index is -0.311. The van der Waals surface area contributed by atoms with Crippen LogP contribution < -0.4 is 10.5 Å². The van der Waals surface area contributed by atoms with Crippen molar-refractivity contribution in [3.63, 3.8) is 0 Å². The SMILES string of the molecule is Cc1c(C#N)c(=O)n2c(/C=C/CCCC(C)(C)C)n[nH]c2c1CC=C1N2CCCc3cccc(c32)C1(C)C. The van der Waals surface area contributed by atoms with Gasteiger partial charge in [0.2, 0.25) is 0 Å². The van der Waals surface area contributed by atoms with E-state index in [9.17, 15) is 10.1 Å². The molecule has 0 atom stereocenters.